The quantitative estimate of drug-likeness (QED) is 0.518. The van der Waals surface area contributed by atoms with Gasteiger partial charge in [-0.05, 0) is 77.1 Å². The number of nitrogens with one attached hydrogen (secondary N) is 1. The van der Waals surface area contributed by atoms with Crippen molar-refractivity contribution in [1.29, 1.82) is 0 Å². The molecular formula is C22H38FNO. The van der Waals surface area contributed by atoms with Crippen molar-refractivity contribution < 1.29 is 9.13 Å². The summed E-state index contributed by atoms with van der Waals surface area (Å²) in [6, 6.07) is 6.68. The first-order valence-corrected chi connectivity index (χ1v) is 9.81. The van der Waals surface area contributed by atoms with Crippen LogP contribution in [0.15, 0.2) is 24.3 Å². The average Bonchev–Trinajstić information content (AvgIpc) is 2.56. The summed E-state index contributed by atoms with van der Waals surface area (Å²) < 4.78 is 19.0. The van der Waals surface area contributed by atoms with Crippen LogP contribution in [0.3, 0.4) is 0 Å². The lowest BCUT2D eigenvalue weighted by atomic mass is 9.90. The number of hydrogen-bond acceptors (Lipinski definition) is 2. The van der Waals surface area contributed by atoms with Gasteiger partial charge in [-0.15, -0.1) is 0 Å². The highest BCUT2D eigenvalue weighted by Gasteiger charge is 2.25. The Morgan fingerprint density at radius 1 is 1.00 bits per heavy atom. The van der Waals surface area contributed by atoms with Crippen molar-refractivity contribution in [3.63, 3.8) is 0 Å². The molecule has 0 amide bonds. The van der Waals surface area contributed by atoms with E-state index in [0.717, 1.165) is 37.3 Å². The number of hydrogen-bond donors (Lipinski definition) is 1. The lowest BCUT2D eigenvalue weighted by molar-refractivity contribution is -0.0270. The summed E-state index contributed by atoms with van der Waals surface area (Å²) in [5.41, 5.74) is 1.10. The molecule has 0 saturated carbocycles. The van der Waals surface area contributed by atoms with Gasteiger partial charge in [-0.2, -0.15) is 0 Å². The molecule has 25 heavy (non-hydrogen) atoms. The normalized spacial score (nSPS) is 12.8. The minimum absolute atomic E-state index is 0.125. The summed E-state index contributed by atoms with van der Waals surface area (Å²) in [5.74, 6) is 0.576. The fraction of sp³-hybridized carbons (Fsp3) is 0.727. The van der Waals surface area contributed by atoms with Gasteiger partial charge >= 0.3 is 0 Å². The van der Waals surface area contributed by atoms with E-state index < -0.39 is 0 Å². The smallest absolute Gasteiger partial charge is 0.123 e. The minimum Gasteiger partial charge on any atom is -0.375 e. The fourth-order valence-corrected chi connectivity index (χ4v) is 2.87. The summed E-state index contributed by atoms with van der Waals surface area (Å²) in [6.45, 7) is 15.2. The van der Waals surface area contributed by atoms with Crippen LogP contribution in [0.2, 0.25) is 0 Å². The molecule has 0 atom stereocenters. The van der Waals surface area contributed by atoms with Crippen molar-refractivity contribution >= 4 is 0 Å². The van der Waals surface area contributed by atoms with Crippen LogP contribution in [0.4, 0.5) is 4.39 Å². The van der Waals surface area contributed by atoms with Crippen LogP contribution in [0.1, 0.15) is 72.8 Å². The SMILES string of the molecule is CCC(CC)CNC(C)(C)CCC(C)(C)OCCc1ccc(F)cc1. The Hall–Kier alpha value is -0.930. The van der Waals surface area contributed by atoms with Crippen LogP contribution < -0.4 is 5.32 Å². The molecule has 1 rings (SSSR count). The molecular weight excluding hydrogens is 313 g/mol. The van der Waals surface area contributed by atoms with Crippen molar-refractivity contribution in [1.82, 2.24) is 5.32 Å². The topological polar surface area (TPSA) is 21.3 Å². The van der Waals surface area contributed by atoms with Gasteiger partial charge in [0, 0.05) is 5.54 Å². The highest BCUT2D eigenvalue weighted by Crippen LogP contribution is 2.23. The Kier molecular flexibility index (Phi) is 9.09. The second-order valence-electron chi connectivity index (χ2n) is 8.43. The van der Waals surface area contributed by atoms with Gasteiger partial charge < -0.3 is 10.1 Å². The lowest BCUT2D eigenvalue weighted by Crippen LogP contribution is -2.43. The van der Waals surface area contributed by atoms with E-state index in [1.54, 1.807) is 0 Å². The Balaban J connectivity index is 2.34. The number of halogens is 1. The summed E-state index contributed by atoms with van der Waals surface area (Å²) in [7, 11) is 0. The van der Waals surface area contributed by atoms with E-state index >= 15 is 0 Å². The zero-order valence-electron chi connectivity index (χ0n) is 17.1. The summed E-state index contributed by atoms with van der Waals surface area (Å²) in [6.07, 6.45) is 5.38. The number of ether oxygens (including phenoxy) is 1. The van der Waals surface area contributed by atoms with Gasteiger partial charge in [-0.1, -0.05) is 38.8 Å². The first-order chi connectivity index (χ1) is 11.7. The third kappa shape index (κ3) is 9.37. The Labute approximate surface area is 154 Å². The van der Waals surface area contributed by atoms with E-state index in [2.05, 4.69) is 46.9 Å². The summed E-state index contributed by atoms with van der Waals surface area (Å²) in [4.78, 5) is 0. The minimum atomic E-state index is -0.187. The van der Waals surface area contributed by atoms with Crippen molar-refractivity contribution in [2.45, 2.75) is 84.8 Å². The molecule has 1 N–H and O–H groups in total. The van der Waals surface area contributed by atoms with E-state index in [1.165, 1.54) is 25.0 Å². The van der Waals surface area contributed by atoms with Crippen LogP contribution in [-0.4, -0.2) is 24.3 Å². The molecule has 0 spiro atoms. The third-order valence-corrected chi connectivity index (χ3v) is 5.17. The molecule has 3 heteroatoms. The third-order valence-electron chi connectivity index (χ3n) is 5.17. The Morgan fingerprint density at radius 2 is 1.60 bits per heavy atom. The highest BCUT2D eigenvalue weighted by atomic mass is 19.1. The molecule has 0 radical (unpaired) electrons. The maximum absolute atomic E-state index is 12.9. The van der Waals surface area contributed by atoms with Crippen molar-refractivity contribution in [3.05, 3.63) is 35.6 Å². The molecule has 0 fully saturated rings. The van der Waals surface area contributed by atoms with Crippen molar-refractivity contribution in [2.75, 3.05) is 13.2 Å². The number of benzene rings is 1. The van der Waals surface area contributed by atoms with Crippen molar-refractivity contribution in [2.24, 2.45) is 5.92 Å². The largest absolute Gasteiger partial charge is 0.375 e. The summed E-state index contributed by atoms with van der Waals surface area (Å²) >= 11 is 0. The molecule has 0 heterocycles. The molecule has 144 valence electrons. The predicted molar refractivity (Wildman–Crippen MR) is 106 cm³/mol. The zero-order valence-corrected chi connectivity index (χ0v) is 17.1. The van der Waals surface area contributed by atoms with Gasteiger partial charge in [0.2, 0.25) is 0 Å². The molecule has 1 aromatic carbocycles. The van der Waals surface area contributed by atoms with Gasteiger partial charge in [-0.25, -0.2) is 4.39 Å². The zero-order chi connectivity index (χ0) is 18.9. The highest BCUT2D eigenvalue weighted by molar-refractivity contribution is 5.16. The van der Waals surface area contributed by atoms with E-state index in [4.69, 9.17) is 4.74 Å². The van der Waals surface area contributed by atoms with Gasteiger partial charge in [0.15, 0.2) is 0 Å². The monoisotopic (exact) mass is 351 g/mol. The Bertz CT molecular complexity index is 477. The van der Waals surface area contributed by atoms with Crippen LogP contribution in [-0.2, 0) is 11.2 Å². The fourth-order valence-electron chi connectivity index (χ4n) is 2.87. The molecule has 1 aromatic rings. The average molecular weight is 352 g/mol. The van der Waals surface area contributed by atoms with Crippen LogP contribution in [0.25, 0.3) is 0 Å². The second-order valence-corrected chi connectivity index (χ2v) is 8.43. The molecule has 0 aromatic heterocycles. The van der Waals surface area contributed by atoms with E-state index in [9.17, 15) is 4.39 Å². The first kappa shape index (κ1) is 22.1. The van der Waals surface area contributed by atoms with Crippen LogP contribution >= 0.6 is 0 Å². The molecule has 0 bridgehead atoms. The van der Waals surface area contributed by atoms with Gasteiger partial charge in [0.05, 0.1) is 12.2 Å². The molecule has 2 nitrogen and oxygen atoms in total. The van der Waals surface area contributed by atoms with Gasteiger partial charge in [0.25, 0.3) is 0 Å². The van der Waals surface area contributed by atoms with E-state index in [1.807, 2.05) is 12.1 Å². The van der Waals surface area contributed by atoms with Crippen LogP contribution in [0.5, 0.6) is 0 Å². The molecule has 0 aliphatic heterocycles. The number of rotatable bonds is 12. The predicted octanol–water partition coefficient (Wildman–Crippen LogP) is 5.75. The molecule has 0 aliphatic rings. The maximum atomic E-state index is 12.9. The molecule has 0 saturated heterocycles. The lowest BCUT2D eigenvalue weighted by Gasteiger charge is -2.33. The van der Waals surface area contributed by atoms with Crippen LogP contribution in [0, 0.1) is 11.7 Å². The van der Waals surface area contributed by atoms with E-state index in [0.29, 0.717) is 6.61 Å². The second kappa shape index (κ2) is 10.3. The maximum Gasteiger partial charge on any atom is 0.123 e. The standard InChI is InChI=1S/C22H38FNO/c1-7-18(8-2)17-24-21(3,4)14-15-22(5,6)25-16-13-19-9-11-20(23)12-10-19/h9-12,18,24H,7-8,13-17H2,1-6H3. The molecule has 0 unspecified atom stereocenters. The summed E-state index contributed by atoms with van der Waals surface area (Å²) in [5, 5.41) is 3.73. The molecule has 0 aliphatic carbocycles. The van der Waals surface area contributed by atoms with Gasteiger partial charge in [0.1, 0.15) is 5.82 Å². The van der Waals surface area contributed by atoms with E-state index in [-0.39, 0.29) is 17.0 Å². The van der Waals surface area contributed by atoms with Crippen molar-refractivity contribution in [3.8, 4) is 0 Å². The Morgan fingerprint density at radius 3 is 2.16 bits per heavy atom. The van der Waals surface area contributed by atoms with Gasteiger partial charge in [-0.3, -0.25) is 0 Å². The first-order valence-electron chi connectivity index (χ1n) is 9.81.